The topological polar surface area (TPSA) is 385 Å². The van der Waals surface area contributed by atoms with Crippen LogP contribution < -0.4 is 10.6 Å². The summed E-state index contributed by atoms with van der Waals surface area (Å²) in [7, 11) is -10.4. The molecule has 2 amide bonds. The molecule has 0 bridgehead atoms. The van der Waals surface area contributed by atoms with E-state index < -0.39 is 176 Å². The van der Waals surface area contributed by atoms with E-state index in [9.17, 15) is 73.0 Å². The fourth-order valence-electron chi connectivity index (χ4n) is 17.7. The van der Waals surface area contributed by atoms with Crippen LogP contribution in [-0.2, 0) is 80.1 Å². The zero-order chi connectivity index (χ0) is 94.7. The van der Waals surface area contributed by atoms with Gasteiger partial charge in [0.25, 0.3) is 0 Å². The predicted octanol–water partition coefficient (Wildman–Crippen LogP) is 23.7. The normalized spacial score (nSPS) is 20.4. The predicted molar refractivity (Wildman–Crippen MR) is 512 cm³/mol. The first-order chi connectivity index (χ1) is 62.3. The first kappa shape index (κ1) is 122. The van der Waals surface area contributed by atoms with Crippen molar-refractivity contribution in [1.29, 1.82) is 0 Å². The van der Waals surface area contributed by atoms with Crippen molar-refractivity contribution in [2.75, 3.05) is 19.9 Å². The van der Waals surface area contributed by atoms with Gasteiger partial charge in [-0.2, -0.15) is 0 Å². The average molecular weight is 1880 g/mol. The number of aliphatic hydroxyl groups is 4. The maximum atomic E-state index is 14.9. The summed E-state index contributed by atoms with van der Waals surface area (Å²) in [5.41, 5.74) is 0. The van der Waals surface area contributed by atoms with Crippen LogP contribution in [0.1, 0.15) is 504 Å². The second-order valence-electron chi connectivity index (χ2n) is 38.0. The molecule has 2 rings (SSSR count). The number of rotatable bonds is 90. The zero-order valence-electron chi connectivity index (χ0n) is 82.4. The molecule has 0 aliphatic carbocycles. The molecule has 0 aromatic carbocycles. The van der Waals surface area contributed by atoms with E-state index in [1.807, 2.05) is 0 Å². The Labute approximate surface area is 782 Å². The van der Waals surface area contributed by atoms with E-state index in [2.05, 4.69) is 52.2 Å². The monoisotopic (exact) mass is 1880 g/mol. The van der Waals surface area contributed by atoms with Crippen molar-refractivity contribution >= 4 is 51.1 Å². The van der Waals surface area contributed by atoms with Crippen LogP contribution in [0.15, 0.2) is 0 Å². The van der Waals surface area contributed by atoms with E-state index in [-0.39, 0.29) is 32.1 Å². The first-order valence-electron chi connectivity index (χ1n) is 53.0. The van der Waals surface area contributed by atoms with Crippen LogP contribution in [-0.4, -0.2) is 176 Å². The summed E-state index contributed by atoms with van der Waals surface area (Å²) in [5, 5.41) is 52.3. The quantitative estimate of drug-likeness (QED) is 0.0118. The van der Waals surface area contributed by atoms with Gasteiger partial charge in [-0.15, -0.1) is 0 Å². The Balaban J connectivity index is 2.75. The average Bonchev–Trinajstić information content (AvgIpc) is 0.779. The lowest BCUT2D eigenvalue weighted by atomic mass is 9.95. The van der Waals surface area contributed by atoms with Crippen LogP contribution >= 0.6 is 15.4 Å². The second-order valence-corrected chi connectivity index (χ2v) is 41.0. The van der Waals surface area contributed by atoms with Gasteiger partial charge >= 0.3 is 39.3 Å². The van der Waals surface area contributed by atoms with Crippen LogP contribution in [0.2, 0.25) is 0 Å². The number of unbranched alkanes of at least 4 members (excludes halogenated alkanes) is 56. The summed E-state index contributed by atoms with van der Waals surface area (Å²) in [5.74, 6) is -4.77. The fourth-order valence-corrected chi connectivity index (χ4v) is 18.8. The smallest absolute Gasteiger partial charge is 0.462 e. The molecule has 2 saturated heterocycles. The van der Waals surface area contributed by atoms with Gasteiger partial charge in [0.2, 0.25) is 11.8 Å². The lowest BCUT2D eigenvalue weighted by Crippen LogP contribution is -2.68. The molecule has 28 heteroatoms. The minimum Gasteiger partial charge on any atom is -0.462 e. The van der Waals surface area contributed by atoms with Crippen LogP contribution in [0.4, 0.5) is 0 Å². The van der Waals surface area contributed by atoms with Crippen LogP contribution in [0.5, 0.6) is 0 Å². The van der Waals surface area contributed by atoms with E-state index in [1.165, 1.54) is 141 Å². The molecule has 0 aromatic rings. The molecule has 9 N–H and O–H groups in total. The van der Waals surface area contributed by atoms with Crippen molar-refractivity contribution in [2.45, 2.75) is 590 Å². The number of phosphoric acid groups is 1. The number of amides is 2. The molecule has 5 unspecified atom stereocenters. The lowest BCUT2D eigenvalue weighted by molar-refractivity contribution is -0.296. The van der Waals surface area contributed by atoms with Gasteiger partial charge in [0.05, 0.1) is 51.1 Å². The lowest BCUT2D eigenvalue weighted by Gasteiger charge is -2.47. The number of carbonyl (C=O) groups is 6. The van der Waals surface area contributed by atoms with Crippen molar-refractivity contribution in [3.8, 4) is 0 Å². The number of phosphoric ester groups is 1. The molecule has 2 heterocycles. The van der Waals surface area contributed by atoms with Crippen molar-refractivity contribution < 1.29 is 115 Å². The summed E-state index contributed by atoms with van der Waals surface area (Å²) in [6.45, 7) is 12.0. The highest BCUT2D eigenvalue weighted by molar-refractivity contribution is 7.51. The molecule has 0 radical (unpaired) electrons. The third kappa shape index (κ3) is 66.8. The Morgan fingerprint density at radius 3 is 0.961 bits per heavy atom. The number of hydrogen-bond donors (Lipinski definition) is 9. The molecule has 2 fully saturated rings. The molecule has 760 valence electrons. The fraction of sp³-hybridized carbons (Fsp3) is 0.941. The summed E-state index contributed by atoms with van der Waals surface area (Å²) < 4.78 is 81.6. The Kier molecular flexibility index (Phi) is 76.4. The number of hydrogen-bond acceptors (Lipinski definition) is 21. The van der Waals surface area contributed by atoms with Gasteiger partial charge in [-0.3, -0.25) is 42.4 Å². The maximum absolute atomic E-state index is 14.9. The van der Waals surface area contributed by atoms with Gasteiger partial charge in [0.15, 0.2) is 24.8 Å². The van der Waals surface area contributed by atoms with Gasteiger partial charge in [-0.05, 0) is 51.4 Å². The third-order valence-electron chi connectivity index (χ3n) is 25.4. The number of nitrogens with one attached hydrogen (secondary N) is 2. The summed E-state index contributed by atoms with van der Waals surface area (Å²) in [4.78, 5) is 119. The largest absolute Gasteiger partial charge is 0.470 e. The van der Waals surface area contributed by atoms with E-state index in [1.54, 1.807) is 0 Å². The molecule has 0 saturated carbocycles. The summed E-state index contributed by atoms with van der Waals surface area (Å²) >= 11 is 0. The highest BCUT2D eigenvalue weighted by Crippen LogP contribution is 2.44. The Morgan fingerprint density at radius 1 is 0.333 bits per heavy atom. The first-order valence-corrected chi connectivity index (χ1v) is 56.5. The minimum absolute atomic E-state index is 0.0959. The third-order valence-corrected chi connectivity index (χ3v) is 26.5. The van der Waals surface area contributed by atoms with Gasteiger partial charge in [0.1, 0.15) is 48.7 Å². The molecule has 129 heavy (non-hydrogen) atoms. The molecule has 26 nitrogen and oxygen atoms in total. The molecular formula is C101H192N2O24P2. The van der Waals surface area contributed by atoms with Gasteiger partial charge < -0.3 is 78.9 Å². The highest BCUT2D eigenvalue weighted by atomic mass is 31.2. The number of ether oxygens (including phenoxy) is 7. The summed E-state index contributed by atoms with van der Waals surface area (Å²) in [6, 6.07) is -3.66. The Bertz CT molecular complexity index is 2820. The SMILES string of the molecule is CCCCCCCCCCCCCCCC(=O)O[C@H](CCCCCCCCCCC)CC(=O)N[C@H]1C(OC(=O)C[C@H](O)CCCCCCCCCCC)[C@H](O)C(CO[C@@H]2OC(CO)[C@@H](OP(=O)(O)O)C(OC(=O)C[C@@H](CCCCCCCCCCC)OC(=O)CCCCCCCCCCCCCCC)[C@@H]2NC(=O)C[C@H](O)CCCCCCCCCCC)O[C@@H]1OP(C)(=O)O. The van der Waals surface area contributed by atoms with Crippen LogP contribution in [0.3, 0.4) is 0 Å². The van der Waals surface area contributed by atoms with E-state index >= 15 is 0 Å². The van der Waals surface area contributed by atoms with E-state index in [0.29, 0.717) is 44.9 Å². The highest BCUT2D eigenvalue weighted by Gasteiger charge is 2.55. The zero-order valence-corrected chi connectivity index (χ0v) is 84.2. The number of aliphatic hydroxyl groups excluding tert-OH is 4. The molecule has 15 atom stereocenters. The van der Waals surface area contributed by atoms with Crippen LogP contribution in [0.25, 0.3) is 0 Å². The second kappa shape index (κ2) is 80.9. The van der Waals surface area contributed by atoms with E-state index in [4.69, 9.17) is 42.2 Å². The standard InChI is InChI=1S/C101H192N2O24P2/c1-8-14-20-26-32-38-40-42-44-50-56-62-68-74-90(109)120-84(72-66-60-54-48-36-30-24-18-12-5)78-89(108)103-94-98(124-92(111)77-83(106)71-65-59-53-47-35-29-23-17-11-4)96(113)87(123-101(94)127-128(7,114)115)81-119-100-95(102-88(107)76-82(105)70-64-58-52-46-34-28-22-16-10-3)99(97(86(80-104)122-100)126-129(116,117)118)125-93(112)79-85(73-67-61-55-49-37-31-25-19-13-6)121-91(110)75-69-63-57-51-45-43-41-39-33-27-21-15-9-2/h82-87,94-101,104-106,113H,8-81H2,1-7H3,(H,102,107)(H,103,108)(H,114,115)(H2,116,117,118)/t82-,83-,84-,85-,86?,87?,94+,95+,96-,97-,98?,99?,100-,101-/m1/s1. The number of esters is 4. The number of carbonyl (C=O) groups excluding carboxylic acids is 6. The molecule has 2 aliphatic heterocycles. The van der Waals surface area contributed by atoms with Crippen molar-refractivity contribution in [3.05, 3.63) is 0 Å². The minimum atomic E-state index is -5.64. The van der Waals surface area contributed by atoms with Gasteiger partial charge in [-0.25, -0.2) is 4.57 Å². The molecule has 0 spiro atoms. The van der Waals surface area contributed by atoms with Crippen molar-refractivity contribution in [1.82, 2.24) is 10.6 Å². The van der Waals surface area contributed by atoms with Crippen molar-refractivity contribution in [3.63, 3.8) is 0 Å². The van der Waals surface area contributed by atoms with Crippen LogP contribution in [0, 0.1) is 0 Å². The summed E-state index contributed by atoms with van der Waals surface area (Å²) in [6.07, 6.45) is 44.1. The Hall–Kier alpha value is -3.20. The Morgan fingerprint density at radius 2 is 0.620 bits per heavy atom. The van der Waals surface area contributed by atoms with E-state index in [0.717, 1.165) is 225 Å². The molecular weight excluding hydrogens is 1690 g/mol. The van der Waals surface area contributed by atoms with Gasteiger partial charge in [-0.1, -0.05) is 414 Å². The van der Waals surface area contributed by atoms with Crippen molar-refractivity contribution in [2.24, 2.45) is 0 Å². The molecule has 2 aliphatic rings. The maximum Gasteiger partial charge on any atom is 0.470 e. The van der Waals surface area contributed by atoms with Gasteiger partial charge in [0, 0.05) is 19.5 Å². The molecule has 0 aromatic heterocycles.